The van der Waals surface area contributed by atoms with E-state index in [-0.39, 0.29) is 17.0 Å². The zero-order chi connectivity index (χ0) is 17.3. The van der Waals surface area contributed by atoms with Crippen LogP contribution < -0.4 is 0 Å². The third-order valence-electron chi connectivity index (χ3n) is 5.35. The monoisotopic (exact) mass is 325 g/mol. The maximum absolute atomic E-state index is 11.4. The van der Waals surface area contributed by atoms with Crippen molar-refractivity contribution in [3.05, 3.63) is 0 Å². The fourth-order valence-corrected chi connectivity index (χ4v) is 3.51. The van der Waals surface area contributed by atoms with Crippen molar-refractivity contribution in [3.63, 3.8) is 0 Å². The number of amides is 1. The fraction of sp³-hybridized carbons (Fsp3) is 0.944. The largest absolute Gasteiger partial charge is 0.375 e. The highest BCUT2D eigenvalue weighted by Crippen LogP contribution is 2.24. The van der Waals surface area contributed by atoms with Gasteiger partial charge in [0.25, 0.3) is 0 Å². The average molecular weight is 325 g/mol. The van der Waals surface area contributed by atoms with E-state index in [0.717, 1.165) is 52.3 Å². The van der Waals surface area contributed by atoms with Gasteiger partial charge in [0.1, 0.15) is 0 Å². The minimum atomic E-state index is 0.0258. The predicted molar refractivity (Wildman–Crippen MR) is 93.6 cm³/mol. The van der Waals surface area contributed by atoms with Crippen molar-refractivity contribution < 1.29 is 9.53 Å². The van der Waals surface area contributed by atoms with E-state index in [9.17, 15) is 4.79 Å². The number of hydrogen-bond acceptors (Lipinski definition) is 4. The number of piperazine rings is 1. The first-order valence-corrected chi connectivity index (χ1v) is 8.97. The topological polar surface area (TPSA) is 36.0 Å². The summed E-state index contributed by atoms with van der Waals surface area (Å²) in [7, 11) is 0. The van der Waals surface area contributed by atoms with Gasteiger partial charge in [0.2, 0.25) is 5.91 Å². The van der Waals surface area contributed by atoms with Crippen LogP contribution in [0.25, 0.3) is 0 Å². The van der Waals surface area contributed by atoms with Gasteiger partial charge in [0, 0.05) is 57.3 Å². The molecule has 0 saturated carbocycles. The van der Waals surface area contributed by atoms with Gasteiger partial charge < -0.3 is 9.64 Å². The van der Waals surface area contributed by atoms with Gasteiger partial charge in [0.15, 0.2) is 0 Å². The van der Waals surface area contributed by atoms with E-state index in [2.05, 4.69) is 44.4 Å². The van der Waals surface area contributed by atoms with E-state index in [0.29, 0.717) is 6.10 Å². The van der Waals surface area contributed by atoms with Gasteiger partial charge in [-0.05, 0) is 41.0 Å². The average Bonchev–Trinajstić information content (AvgIpc) is 2.94. The smallest absolute Gasteiger partial charge is 0.219 e. The van der Waals surface area contributed by atoms with Crippen LogP contribution in [0.5, 0.6) is 0 Å². The summed E-state index contributed by atoms with van der Waals surface area (Å²) in [5.74, 6) is 0.187. The van der Waals surface area contributed by atoms with Crippen LogP contribution in [-0.4, -0.2) is 83.7 Å². The SMILES string of the molecule is CC(=O)N1CCN(C(C)(C)CO[C@@H]2CCN(C(C)(C)C)C2)CC1. The molecule has 0 spiro atoms. The van der Waals surface area contributed by atoms with Crippen molar-refractivity contribution in [1.29, 1.82) is 0 Å². The number of hydrogen-bond donors (Lipinski definition) is 0. The Hall–Kier alpha value is -0.650. The van der Waals surface area contributed by atoms with Crippen molar-refractivity contribution in [2.24, 2.45) is 0 Å². The maximum Gasteiger partial charge on any atom is 0.219 e. The highest BCUT2D eigenvalue weighted by Gasteiger charge is 2.34. The summed E-state index contributed by atoms with van der Waals surface area (Å²) in [6.45, 7) is 19.5. The molecule has 134 valence electrons. The van der Waals surface area contributed by atoms with Crippen LogP contribution in [0.4, 0.5) is 0 Å². The number of ether oxygens (including phenoxy) is 1. The van der Waals surface area contributed by atoms with Crippen LogP contribution in [0.15, 0.2) is 0 Å². The van der Waals surface area contributed by atoms with E-state index in [1.54, 1.807) is 6.92 Å². The van der Waals surface area contributed by atoms with E-state index in [1.165, 1.54) is 0 Å². The molecule has 0 aromatic carbocycles. The summed E-state index contributed by atoms with van der Waals surface area (Å²) >= 11 is 0. The third-order valence-corrected chi connectivity index (χ3v) is 5.35. The second-order valence-electron chi connectivity index (χ2n) is 8.64. The molecule has 1 amide bonds. The van der Waals surface area contributed by atoms with Gasteiger partial charge in [-0.15, -0.1) is 0 Å². The molecule has 23 heavy (non-hydrogen) atoms. The molecule has 2 aliphatic rings. The Bertz CT molecular complexity index is 409. The quantitative estimate of drug-likeness (QED) is 0.790. The lowest BCUT2D eigenvalue weighted by atomic mass is 10.0. The van der Waals surface area contributed by atoms with E-state index in [1.807, 2.05) is 4.90 Å². The first-order valence-electron chi connectivity index (χ1n) is 8.97. The Kier molecular flexibility index (Phi) is 5.75. The molecule has 0 bridgehead atoms. The molecule has 2 fully saturated rings. The maximum atomic E-state index is 11.4. The van der Waals surface area contributed by atoms with Crippen molar-refractivity contribution >= 4 is 5.91 Å². The van der Waals surface area contributed by atoms with E-state index >= 15 is 0 Å². The predicted octanol–water partition coefficient (Wildman–Crippen LogP) is 1.82. The van der Waals surface area contributed by atoms with Crippen LogP contribution >= 0.6 is 0 Å². The Balaban J connectivity index is 1.78. The van der Waals surface area contributed by atoms with Crippen molar-refractivity contribution in [2.45, 2.75) is 65.1 Å². The van der Waals surface area contributed by atoms with E-state index < -0.39 is 0 Å². The van der Waals surface area contributed by atoms with E-state index in [4.69, 9.17) is 4.74 Å². The zero-order valence-corrected chi connectivity index (χ0v) is 15.9. The summed E-state index contributed by atoms with van der Waals surface area (Å²) in [5, 5.41) is 0. The Morgan fingerprint density at radius 3 is 2.09 bits per heavy atom. The normalized spacial score (nSPS) is 25.1. The fourth-order valence-electron chi connectivity index (χ4n) is 3.51. The first-order chi connectivity index (χ1) is 10.6. The lowest BCUT2D eigenvalue weighted by molar-refractivity contribution is -0.132. The molecule has 0 aromatic heterocycles. The molecule has 0 radical (unpaired) electrons. The summed E-state index contributed by atoms with van der Waals surface area (Å²) in [6.07, 6.45) is 1.48. The molecule has 2 rings (SSSR count). The molecule has 0 unspecified atom stereocenters. The Labute approximate surface area is 141 Å². The summed E-state index contributed by atoms with van der Waals surface area (Å²) < 4.78 is 6.26. The Morgan fingerprint density at radius 2 is 1.61 bits per heavy atom. The van der Waals surface area contributed by atoms with Gasteiger partial charge in [-0.25, -0.2) is 0 Å². The molecule has 2 heterocycles. The van der Waals surface area contributed by atoms with Crippen molar-refractivity contribution in [3.8, 4) is 0 Å². The highest BCUT2D eigenvalue weighted by atomic mass is 16.5. The number of nitrogens with zero attached hydrogens (tertiary/aromatic N) is 3. The van der Waals surface area contributed by atoms with Crippen LogP contribution in [0.1, 0.15) is 48.0 Å². The van der Waals surface area contributed by atoms with Gasteiger partial charge in [-0.2, -0.15) is 0 Å². The number of carbonyl (C=O) groups excluding carboxylic acids is 1. The molecule has 2 aliphatic heterocycles. The summed E-state index contributed by atoms with van der Waals surface area (Å²) in [5.41, 5.74) is 0.259. The third kappa shape index (κ3) is 4.91. The van der Waals surface area contributed by atoms with Crippen molar-refractivity contribution in [2.75, 3.05) is 45.9 Å². The van der Waals surface area contributed by atoms with Crippen molar-refractivity contribution in [1.82, 2.24) is 14.7 Å². The summed E-state index contributed by atoms with van der Waals surface area (Å²) in [4.78, 5) is 18.4. The molecule has 5 nitrogen and oxygen atoms in total. The van der Waals surface area contributed by atoms with Gasteiger partial charge in [-0.1, -0.05) is 0 Å². The first kappa shape index (κ1) is 18.7. The highest BCUT2D eigenvalue weighted by molar-refractivity contribution is 5.73. The van der Waals surface area contributed by atoms with Gasteiger partial charge in [-0.3, -0.25) is 14.6 Å². The summed E-state index contributed by atoms with van der Waals surface area (Å²) in [6, 6.07) is 0. The molecule has 0 aromatic rings. The molecular weight excluding hydrogens is 290 g/mol. The molecule has 2 saturated heterocycles. The molecular formula is C18H35N3O2. The Morgan fingerprint density at radius 1 is 1.00 bits per heavy atom. The zero-order valence-electron chi connectivity index (χ0n) is 15.9. The van der Waals surface area contributed by atoms with Gasteiger partial charge in [0.05, 0.1) is 12.7 Å². The molecule has 0 N–H and O–H groups in total. The van der Waals surface area contributed by atoms with Crippen LogP contribution in [0.2, 0.25) is 0 Å². The molecule has 0 aliphatic carbocycles. The number of likely N-dealkylation sites (tertiary alicyclic amines) is 1. The second-order valence-corrected chi connectivity index (χ2v) is 8.64. The number of rotatable bonds is 4. The van der Waals surface area contributed by atoms with Crippen LogP contribution in [0, 0.1) is 0 Å². The lowest BCUT2D eigenvalue weighted by Crippen LogP contribution is -2.57. The van der Waals surface area contributed by atoms with Crippen LogP contribution in [-0.2, 0) is 9.53 Å². The standard InChI is InChI=1S/C18H35N3O2/c1-15(22)19-9-11-20(12-10-19)18(5,6)14-23-16-7-8-21(13-16)17(2,3)4/h16H,7-14H2,1-6H3/t16-/m1/s1. The minimum absolute atomic E-state index is 0.0258. The second kappa shape index (κ2) is 7.08. The molecule has 5 heteroatoms. The van der Waals surface area contributed by atoms with Gasteiger partial charge >= 0.3 is 0 Å². The number of carbonyl (C=O) groups is 1. The van der Waals surface area contributed by atoms with Crippen LogP contribution in [0.3, 0.4) is 0 Å². The lowest BCUT2D eigenvalue weighted by Gasteiger charge is -2.44. The molecule has 1 atom stereocenters. The minimum Gasteiger partial charge on any atom is -0.375 e.